The van der Waals surface area contributed by atoms with Gasteiger partial charge >= 0.3 is 6.09 Å². The van der Waals surface area contributed by atoms with E-state index in [9.17, 15) is 9.59 Å². The lowest BCUT2D eigenvalue weighted by Crippen LogP contribution is -2.42. The van der Waals surface area contributed by atoms with Crippen molar-refractivity contribution in [1.82, 2.24) is 24.8 Å². The molecule has 3 aliphatic rings. The fraction of sp³-hybridized carbons (Fsp3) is 0.789. The summed E-state index contributed by atoms with van der Waals surface area (Å²) in [5.74, 6) is 1.18. The zero-order valence-corrected chi connectivity index (χ0v) is 16.2. The smallest absolute Gasteiger partial charge is 0.410 e. The number of piperidine rings is 2. The van der Waals surface area contributed by atoms with Crippen molar-refractivity contribution in [3.63, 3.8) is 0 Å². The van der Waals surface area contributed by atoms with E-state index in [4.69, 9.17) is 4.74 Å². The van der Waals surface area contributed by atoms with E-state index >= 15 is 0 Å². The van der Waals surface area contributed by atoms with Crippen molar-refractivity contribution < 1.29 is 14.3 Å². The molecule has 0 saturated carbocycles. The number of carbonyl (C=O) groups excluding carboxylic acids is 2. The Balaban J connectivity index is 1.31. The van der Waals surface area contributed by atoms with E-state index < -0.39 is 0 Å². The van der Waals surface area contributed by atoms with Gasteiger partial charge in [-0.1, -0.05) is 5.21 Å². The van der Waals surface area contributed by atoms with Crippen LogP contribution in [0.2, 0.25) is 0 Å². The van der Waals surface area contributed by atoms with Crippen LogP contribution in [0.3, 0.4) is 0 Å². The molecule has 8 heteroatoms. The van der Waals surface area contributed by atoms with Crippen LogP contribution in [0.1, 0.15) is 57.6 Å². The molecule has 0 aliphatic carbocycles. The van der Waals surface area contributed by atoms with Gasteiger partial charge in [0.05, 0.1) is 24.4 Å². The third-order valence-corrected chi connectivity index (χ3v) is 6.05. The largest absolute Gasteiger partial charge is 0.447 e. The van der Waals surface area contributed by atoms with Crippen molar-refractivity contribution in [3.05, 3.63) is 11.9 Å². The molecule has 0 aromatic carbocycles. The zero-order chi connectivity index (χ0) is 19.0. The van der Waals surface area contributed by atoms with Crippen LogP contribution in [0.5, 0.6) is 0 Å². The molecule has 0 unspecified atom stereocenters. The molecule has 0 N–H and O–H groups in total. The van der Waals surface area contributed by atoms with Crippen LogP contribution in [-0.2, 0) is 16.1 Å². The molecule has 1 aromatic heterocycles. The summed E-state index contributed by atoms with van der Waals surface area (Å²) >= 11 is 0. The molecule has 27 heavy (non-hydrogen) atoms. The highest BCUT2D eigenvalue weighted by molar-refractivity contribution is 5.79. The summed E-state index contributed by atoms with van der Waals surface area (Å²) in [6.45, 7) is 6.75. The van der Waals surface area contributed by atoms with Gasteiger partial charge in [-0.15, -0.1) is 5.10 Å². The first kappa shape index (κ1) is 18.3. The van der Waals surface area contributed by atoms with E-state index in [1.807, 2.05) is 29.6 Å². The zero-order valence-electron chi connectivity index (χ0n) is 16.2. The van der Waals surface area contributed by atoms with E-state index in [1.54, 1.807) is 4.90 Å². The highest BCUT2D eigenvalue weighted by Crippen LogP contribution is 2.33. The van der Waals surface area contributed by atoms with Gasteiger partial charge in [0.2, 0.25) is 5.91 Å². The predicted octanol–water partition coefficient (Wildman–Crippen LogP) is 2.01. The second kappa shape index (κ2) is 7.48. The molecule has 2 amide bonds. The Labute approximate surface area is 159 Å². The van der Waals surface area contributed by atoms with Crippen LogP contribution in [0.4, 0.5) is 4.79 Å². The third kappa shape index (κ3) is 3.94. The van der Waals surface area contributed by atoms with Crippen molar-refractivity contribution in [1.29, 1.82) is 0 Å². The summed E-state index contributed by atoms with van der Waals surface area (Å²) in [5, 5.41) is 8.69. The summed E-state index contributed by atoms with van der Waals surface area (Å²) in [5.41, 5.74) is 0.994. The Kier molecular flexibility index (Phi) is 5.06. The van der Waals surface area contributed by atoms with Crippen LogP contribution >= 0.6 is 0 Å². The number of carbonyl (C=O) groups is 2. The van der Waals surface area contributed by atoms with Gasteiger partial charge in [-0.25, -0.2) is 4.79 Å². The molecule has 8 nitrogen and oxygen atoms in total. The standard InChI is InChI=1S/C19H29N5O3/c1-13(2)27-19(26)22-7-5-15(6-8-22)17-12-23(21-20-17)11-16-4-3-14-9-18(25)24(16)10-14/h12-16H,3-11H2,1-2H3/t14-,16-/m0/s1. The minimum atomic E-state index is -0.224. The molecule has 3 aliphatic heterocycles. The summed E-state index contributed by atoms with van der Waals surface area (Å²) in [6.07, 6.45) is 6.38. The Hall–Kier alpha value is -2.12. The van der Waals surface area contributed by atoms with Gasteiger partial charge in [0.1, 0.15) is 0 Å². The Morgan fingerprint density at radius 2 is 2.04 bits per heavy atom. The van der Waals surface area contributed by atoms with Crippen LogP contribution in [0.25, 0.3) is 0 Å². The van der Waals surface area contributed by atoms with Crippen LogP contribution in [0, 0.1) is 5.92 Å². The second-order valence-electron chi connectivity index (χ2n) is 8.41. The normalized spacial score (nSPS) is 26.1. The van der Waals surface area contributed by atoms with Gasteiger partial charge in [0.25, 0.3) is 0 Å². The van der Waals surface area contributed by atoms with Gasteiger partial charge in [-0.2, -0.15) is 0 Å². The molecule has 2 bridgehead atoms. The van der Waals surface area contributed by atoms with Crippen molar-refractivity contribution >= 4 is 12.0 Å². The Bertz CT molecular complexity index is 695. The summed E-state index contributed by atoms with van der Waals surface area (Å²) in [4.78, 5) is 27.9. The average molecular weight is 375 g/mol. The molecular formula is C19H29N5O3. The first-order valence-corrected chi connectivity index (χ1v) is 10.1. The molecule has 148 valence electrons. The van der Waals surface area contributed by atoms with E-state index in [-0.39, 0.29) is 18.2 Å². The number of nitrogens with zero attached hydrogens (tertiary/aromatic N) is 5. The molecule has 3 saturated heterocycles. The third-order valence-electron chi connectivity index (χ3n) is 6.05. The first-order chi connectivity index (χ1) is 13.0. The number of hydrogen-bond acceptors (Lipinski definition) is 5. The minimum Gasteiger partial charge on any atom is -0.447 e. The molecule has 4 heterocycles. The van der Waals surface area contributed by atoms with Crippen molar-refractivity contribution in [2.75, 3.05) is 19.6 Å². The number of amides is 2. The van der Waals surface area contributed by atoms with Crippen molar-refractivity contribution in [3.8, 4) is 0 Å². The molecule has 0 radical (unpaired) electrons. The molecule has 0 spiro atoms. The molecular weight excluding hydrogens is 346 g/mol. The molecule has 1 aromatic rings. The fourth-order valence-electron chi connectivity index (χ4n) is 4.57. The highest BCUT2D eigenvalue weighted by Gasteiger charge is 2.39. The lowest BCUT2D eigenvalue weighted by molar-refractivity contribution is -0.129. The average Bonchev–Trinajstić information content (AvgIpc) is 3.22. The lowest BCUT2D eigenvalue weighted by Gasteiger charge is -2.32. The van der Waals surface area contributed by atoms with Crippen LogP contribution < -0.4 is 0 Å². The van der Waals surface area contributed by atoms with E-state index in [0.717, 1.165) is 50.9 Å². The van der Waals surface area contributed by atoms with Gasteiger partial charge in [-0.3, -0.25) is 9.48 Å². The SMILES string of the molecule is CC(C)OC(=O)N1CCC(c2cn(C[C@@H]3CC[C@H]4CC(=O)N3C4)nn2)CC1. The Morgan fingerprint density at radius 1 is 1.26 bits per heavy atom. The van der Waals surface area contributed by atoms with E-state index in [0.29, 0.717) is 30.8 Å². The van der Waals surface area contributed by atoms with Crippen LogP contribution in [-0.4, -0.2) is 68.6 Å². The van der Waals surface area contributed by atoms with E-state index in [1.165, 1.54) is 0 Å². The fourth-order valence-corrected chi connectivity index (χ4v) is 4.57. The van der Waals surface area contributed by atoms with Crippen molar-refractivity contribution in [2.24, 2.45) is 5.92 Å². The van der Waals surface area contributed by atoms with Gasteiger partial charge in [0, 0.05) is 38.2 Å². The summed E-state index contributed by atoms with van der Waals surface area (Å²) in [6, 6.07) is 0.249. The number of hydrogen-bond donors (Lipinski definition) is 0. The first-order valence-electron chi connectivity index (χ1n) is 10.1. The quantitative estimate of drug-likeness (QED) is 0.804. The molecule has 2 atom stereocenters. The number of aromatic nitrogens is 3. The van der Waals surface area contributed by atoms with Crippen LogP contribution in [0.15, 0.2) is 6.20 Å². The highest BCUT2D eigenvalue weighted by atomic mass is 16.6. The monoisotopic (exact) mass is 375 g/mol. The Morgan fingerprint density at radius 3 is 2.78 bits per heavy atom. The van der Waals surface area contributed by atoms with Gasteiger partial charge in [0.15, 0.2) is 0 Å². The minimum absolute atomic E-state index is 0.0901. The summed E-state index contributed by atoms with van der Waals surface area (Å²) < 4.78 is 7.17. The van der Waals surface area contributed by atoms with Gasteiger partial charge < -0.3 is 14.5 Å². The number of rotatable bonds is 4. The number of fused-ring (bicyclic) bond motifs is 2. The number of likely N-dealkylation sites (tertiary alicyclic amines) is 1. The number of ether oxygens (including phenoxy) is 1. The molecule has 4 rings (SSSR count). The maximum Gasteiger partial charge on any atom is 0.410 e. The van der Waals surface area contributed by atoms with Crippen molar-refractivity contribution in [2.45, 2.75) is 70.6 Å². The van der Waals surface area contributed by atoms with E-state index in [2.05, 4.69) is 10.3 Å². The summed E-state index contributed by atoms with van der Waals surface area (Å²) in [7, 11) is 0. The maximum absolute atomic E-state index is 12.1. The molecule has 3 fully saturated rings. The lowest BCUT2D eigenvalue weighted by atomic mass is 9.94. The second-order valence-corrected chi connectivity index (χ2v) is 8.41. The maximum atomic E-state index is 12.1. The topological polar surface area (TPSA) is 80.6 Å². The van der Waals surface area contributed by atoms with Gasteiger partial charge in [-0.05, 0) is 45.4 Å². The predicted molar refractivity (Wildman–Crippen MR) is 98.0 cm³/mol.